The molecule has 13 nitrogen and oxygen atoms in total. The number of ether oxygens (including phenoxy) is 11. The number of hydrogen-bond acceptors (Lipinski definition) is 13. The third-order valence-electron chi connectivity index (χ3n) is 16.4. The van der Waals surface area contributed by atoms with Crippen LogP contribution in [0.4, 0.5) is 0 Å². The maximum atomic E-state index is 13.8. The van der Waals surface area contributed by atoms with Crippen LogP contribution in [0.2, 0.25) is 0 Å². The Kier molecular flexibility index (Phi) is 21.3. The highest BCUT2D eigenvalue weighted by Crippen LogP contribution is 2.37. The van der Waals surface area contributed by atoms with Crippen LogP contribution in [0.5, 0.6) is 17.2 Å². The molecule has 4 fully saturated rings. The van der Waals surface area contributed by atoms with Gasteiger partial charge in [-0.2, -0.15) is 0 Å². The van der Waals surface area contributed by atoms with Crippen LogP contribution in [0.25, 0.3) is 21.5 Å². The standard InChI is InChI=1S/C62H86O13/c1-5-46-33-54(74-58(63)50-19-17-48-34-53(22-21-47(48)31-50)71-28-12-10-9-11-25-65-37-60(6-2)40-68-41-60)23-24-55(46)75-59(64)51-20-18-49-35-56(72-29-15-13-26-66-38-61(7-3)42-69-43-61)57(36-52(49)32-51)73-30-16-14-27-67-39-62(8-4)44-70-45-62/h17-22,31-32,34-36,46,54-55H,5-16,23-30,33,37-45H2,1-4H3/t46-,54-,55-/m0/s1. The van der Waals surface area contributed by atoms with Gasteiger partial charge in [0.15, 0.2) is 11.5 Å². The molecule has 75 heavy (non-hydrogen) atoms. The maximum absolute atomic E-state index is 13.8. The first kappa shape index (κ1) is 56.7. The van der Waals surface area contributed by atoms with E-state index in [4.69, 9.17) is 52.1 Å². The third-order valence-corrected chi connectivity index (χ3v) is 16.4. The van der Waals surface area contributed by atoms with Crippen LogP contribution in [0.15, 0.2) is 66.7 Å². The van der Waals surface area contributed by atoms with Crippen molar-refractivity contribution in [2.24, 2.45) is 22.2 Å². The Morgan fingerprint density at radius 1 is 0.480 bits per heavy atom. The predicted octanol–water partition coefficient (Wildman–Crippen LogP) is 12.5. The quantitative estimate of drug-likeness (QED) is 0.0325. The van der Waals surface area contributed by atoms with Gasteiger partial charge in [-0.25, -0.2) is 9.59 Å². The van der Waals surface area contributed by atoms with Gasteiger partial charge in [-0.1, -0.05) is 52.3 Å². The second-order valence-corrected chi connectivity index (χ2v) is 22.1. The van der Waals surface area contributed by atoms with Crippen molar-refractivity contribution in [3.63, 3.8) is 0 Å². The fraction of sp³-hybridized carbons (Fsp3) is 0.645. The SMILES string of the molecule is CC[C@H]1C[C@@H](OC(=O)c2ccc3cc(OCCCCCCOCC4(CC)COC4)ccc3c2)CC[C@@H]1OC(=O)c1ccc2cc(OCCCCOCC3(CC)COC3)c(OCCCCOCC3(CC)COC3)cc2c1. The summed E-state index contributed by atoms with van der Waals surface area (Å²) < 4.78 is 65.4. The number of fused-ring (bicyclic) bond motifs is 2. The monoisotopic (exact) mass is 1040 g/mol. The van der Waals surface area contributed by atoms with Gasteiger partial charge in [0.1, 0.15) is 18.0 Å². The summed E-state index contributed by atoms with van der Waals surface area (Å²) in [6, 6.07) is 21.3. The molecule has 13 heteroatoms. The zero-order valence-electron chi connectivity index (χ0n) is 45.6. The van der Waals surface area contributed by atoms with E-state index in [-0.39, 0.29) is 46.3 Å². The van der Waals surface area contributed by atoms with E-state index in [1.807, 2.05) is 66.7 Å². The van der Waals surface area contributed by atoms with Gasteiger partial charge in [-0.3, -0.25) is 0 Å². The fourth-order valence-electron chi connectivity index (χ4n) is 10.4. The van der Waals surface area contributed by atoms with Crippen LogP contribution in [0.3, 0.4) is 0 Å². The molecule has 0 amide bonds. The summed E-state index contributed by atoms with van der Waals surface area (Å²) >= 11 is 0. The van der Waals surface area contributed by atoms with Gasteiger partial charge >= 0.3 is 11.9 Å². The van der Waals surface area contributed by atoms with Crippen molar-refractivity contribution in [1.82, 2.24) is 0 Å². The molecule has 0 bridgehead atoms. The van der Waals surface area contributed by atoms with Crippen LogP contribution in [-0.4, -0.2) is 123 Å². The lowest BCUT2D eigenvalue weighted by molar-refractivity contribution is -0.150. The van der Waals surface area contributed by atoms with E-state index in [9.17, 15) is 9.59 Å². The number of unbranched alkanes of at least 4 members (excludes halogenated alkanes) is 5. The van der Waals surface area contributed by atoms with Gasteiger partial charge in [-0.15, -0.1) is 0 Å². The van der Waals surface area contributed by atoms with Crippen LogP contribution >= 0.6 is 0 Å². The van der Waals surface area contributed by atoms with Crippen molar-refractivity contribution < 1.29 is 61.7 Å². The Hall–Kier alpha value is -4.50. The van der Waals surface area contributed by atoms with Crippen LogP contribution < -0.4 is 14.2 Å². The van der Waals surface area contributed by atoms with Crippen LogP contribution in [0, 0.1) is 22.2 Å². The highest BCUT2D eigenvalue weighted by atomic mass is 16.6. The molecule has 8 rings (SSSR count). The number of carbonyl (C=O) groups is 2. The molecule has 0 radical (unpaired) electrons. The Balaban J connectivity index is 0.782. The molecule has 1 saturated carbocycles. The smallest absolute Gasteiger partial charge is 0.338 e. The number of rotatable bonds is 34. The summed E-state index contributed by atoms with van der Waals surface area (Å²) in [6.07, 6.45) is 13.0. The third kappa shape index (κ3) is 15.8. The first-order valence-corrected chi connectivity index (χ1v) is 28.5. The van der Waals surface area contributed by atoms with Crippen LogP contribution in [0.1, 0.15) is 145 Å². The normalized spacial score (nSPS) is 20.4. The summed E-state index contributed by atoms with van der Waals surface area (Å²) in [6.45, 7) is 19.6. The zero-order chi connectivity index (χ0) is 52.4. The summed E-state index contributed by atoms with van der Waals surface area (Å²) in [7, 11) is 0. The zero-order valence-corrected chi connectivity index (χ0v) is 45.6. The lowest BCUT2D eigenvalue weighted by atomic mass is 9.83. The van der Waals surface area contributed by atoms with Crippen molar-refractivity contribution in [2.45, 2.75) is 136 Å². The Bertz CT molecular complexity index is 2390. The first-order valence-electron chi connectivity index (χ1n) is 28.5. The van der Waals surface area contributed by atoms with Crippen molar-refractivity contribution >= 4 is 33.5 Å². The summed E-state index contributed by atoms with van der Waals surface area (Å²) in [5.41, 5.74) is 1.60. The first-order chi connectivity index (χ1) is 36.7. The highest BCUT2D eigenvalue weighted by molar-refractivity contribution is 5.97. The minimum absolute atomic E-state index is 0.0537. The van der Waals surface area contributed by atoms with Crippen molar-refractivity contribution in [3.8, 4) is 17.2 Å². The maximum Gasteiger partial charge on any atom is 0.338 e. The molecular formula is C62H86O13. The molecule has 3 saturated heterocycles. The number of hydrogen-bond donors (Lipinski definition) is 0. The lowest BCUT2D eigenvalue weighted by Crippen LogP contribution is -2.45. The average Bonchev–Trinajstić information content (AvgIpc) is 3.39. The molecule has 412 valence electrons. The molecule has 3 atom stereocenters. The minimum Gasteiger partial charge on any atom is -0.494 e. The van der Waals surface area contributed by atoms with Gasteiger partial charge < -0.3 is 52.1 Å². The molecule has 0 spiro atoms. The van der Waals surface area contributed by atoms with E-state index in [1.54, 1.807) is 0 Å². The molecular weight excluding hydrogens is 953 g/mol. The van der Waals surface area contributed by atoms with Gasteiger partial charge in [0.2, 0.25) is 0 Å². The summed E-state index contributed by atoms with van der Waals surface area (Å²) in [5.74, 6) is 1.50. The van der Waals surface area contributed by atoms with E-state index in [0.717, 1.165) is 170 Å². The van der Waals surface area contributed by atoms with Gasteiger partial charge in [0.05, 0.1) is 90.4 Å². The Labute approximate surface area is 446 Å². The van der Waals surface area contributed by atoms with Gasteiger partial charge in [0, 0.05) is 36.1 Å². The Morgan fingerprint density at radius 2 is 0.920 bits per heavy atom. The Morgan fingerprint density at radius 3 is 1.44 bits per heavy atom. The topological polar surface area (TPSA) is 136 Å². The van der Waals surface area contributed by atoms with Crippen molar-refractivity contribution in [1.29, 1.82) is 0 Å². The average molecular weight is 1040 g/mol. The number of esters is 2. The predicted molar refractivity (Wildman–Crippen MR) is 290 cm³/mol. The highest BCUT2D eigenvalue weighted by Gasteiger charge is 2.39. The number of carbonyl (C=O) groups excluding carboxylic acids is 2. The summed E-state index contributed by atoms with van der Waals surface area (Å²) in [5, 5.41) is 3.77. The van der Waals surface area contributed by atoms with E-state index in [2.05, 4.69) is 27.7 Å². The second-order valence-electron chi connectivity index (χ2n) is 22.1. The molecule has 4 aromatic rings. The molecule has 3 aliphatic heterocycles. The number of benzene rings is 4. The van der Waals surface area contributed by atoms with Gasteiger partial charge in [-0.05, 0) is 166 Å². The van der Waals surface area contributed by atoms with E-state index in [0.29, 0.717) is 74.9 Å². The largest absolute Gasteiger partial charge is 0.494 e. The molecule has 4 aliphatic rings. The van der Waals surface area contributed by atoms with Crippen molar-refractivity contribution in [3.05, 3.63) is 77.9 Å². The van der Waals surface area contributed by atoms with Crippen molar-refractivity contribution in [2.75, 3.05) is 99.1 Å². The van der Waals surface area contributed by atoms with E-state index < -0.39 is 0 Å². The van der Waals surface area contributed by atoms with Crippen LogP contribution in [-0.2, 0) is 37.9 Å². The van der Waals surface area contributed by atoms with Gasteiger partial charge in [0.25, 0.3) is 0 Å². The molecule has 0 unspecified atom stereocenters. The lowest BCUT2D eigenvalue weighted by Gasteiger charge is -2.40. The molecule has 1 aliphatic carbocycles. The summed E-state index contributed by atoms with van der Waals surface area (Å²) in [4.78, 5) is 27.3. The molecule has 0 N–H and O–H groups in total. The van der Waals surface area contributed by atoms with E-state index in [1.165, 1.54) is 0 Å². The molecule has 0 aromatic heterocycles. The minimum atomic E-state index is -0.365. The molecule has 3 heterocycles. The molecule has 4 aromatic carbocycles. The second kappa shape index (κ2) is 28.2. The van der Waals surface area contributed by atoms with E-state index >= 15 is 0 Å². The fourth-order valence-corrected chi connectivity index (χ4v) is 10.4.